The monoisotopic (exact) mass is 513 g/mol. The zero-order chi connectivity index (χ0) is 20.2. The third-order valence-corrected chi connectivity index (χ3v) is 4.13. The molecule has 0 amide bonds. The average molecular weight is 513 g/mol. The molecule has 0 saturated heterocycles. The van der Waals surface area contributed by atoms with Gasteiger partial charge in [0.25, 0.3) is 0 Å². The normalized spacial score (nSPS) is 11.9. The highest BCUT2D eigenvalue weighted by molar-refractivity contribution is 14.0. The van der Waals surface area contributed by atoms with Crippen LogP contribution in [0.25, 0.3) is 0 Å². The van der Waals surface area contributed by atoms with E-state index in [-0.39, 0.29) is 30.1 Å². The van der Waals surface area contributed by atoms with E-state index in [2.05, 4.69) is 39.9 Å². The summed E-state index contributed by atoms with van der Waals surface area (Å²) < 4.78 is 16.7. The number of methoxy groups -OCH3 is 1. The van der Waals surface area contributed by atoms with E-state index >= 15 is 0 Å². The highest BCUT2D eigenvalue weighted by Gasteiger charge is 2.09. The zero-order valence-corrected chi connectivity index (χ0v) is 19.9. The summed E-state index contributed by atoms with van der Waals surface area (Å²) in [5.74, 6) is 2.19. The number of ether oxygens (including phenoxy) is 3. The summed E-state index contributed by atoms with van der Waals surface area (Å²) >= 11 is 0. The number of nitrogens with one attached hydrogen (secondary N) is 2. The van der Waals surface area contributed by atoms with Crippen LogP contribution in [-0.2, 0) is 17.9 Å². The standard InChI is InChI=1S/C22H31N3O3.HI/c1-5-27-16-19-12-10-18(11-13-19)15-25-22(23-3)24-14-17(2)28-21-9-7-6-8-20(21)26-4;/h6-13,17H,5,14-16H2,1-4H3,(H2,23,24,25);1H. The fourth-order valence-electron chi connectivity index (χ4n) is 2.59. The zero-order valence-electron chi connectivity index (χ0n) is 17.6. The average Bonchev–Trinajstić information content (AvgIpc) is 2.73. The van der Waals surface area contributed by atoms with Gasteiger partial charge < -0.3 is 24.8 Å². The SMILES string of the molecule is CCOCc1ccc(CNC(=NC)NCC(C)Oc2ccccc2OC)cc1.I. The fourth-order valence-corrected chi connectivity index (χ4v) is 2.59. The first-order valence-electron chi connectivity index (χ1n) is 9.56. The first-order valence-corrected chi connectivity index (χ1v) is 9.56. The number of hydrogen-bond acceptors (Lipinski definition) is 4. The Labute approximate surface area is 191 Å². The van der Waals surface area contributed by atoms with E-state index in [4.69, 9.17) is 14.2 Å². The van der Waals surface area contributed by atoms with Crippen LogP contribution in [0, 0.1) is 0 Å². The first kappa shape index (κ1) is 25.0. The minimum absolute atomic E-state index is 0. The molecule has 2 aromatic carbocycles. The largest absolute Gasteiger partial charge is 0.493 e. The molecule has 0 saturated carbocycles. The van der Waals surface area contributed by atoms with Crippen molar-refractivity contribution < 1.29 is 14.2 Å². The lowest BCUT2D eigenvalue weighted by molar-refractivity contribution is 0.134. The maximum absolute atomic E-state index is 5.96. The first-order chi connectivity index (χ1) is 13.7. The minimum Gasteiger partial charge on any atom is -0.493 e. The smallest absolute Gasteiger partial charge is 0.191 e. The Morgan fingerprint density at radius 3 is 2.28 bits per heavy atom. The van der Waals surface area contributed by atoms with Gasteiger partial charge in [-0.15, -0.1) is 24.0 Å². The molecule has 0 fully saturated rings. The molecule has 2 aromatic rings. The van der Waals surface area contributed by atoms with Gasteiger partial charge >= 0.3 is 0 Å². The lowest BCUT2D eigenvalue weighted by atomic mass is 10.1. The van der Waals surface area contributed by atoms with E-state index in [1.165, 1.54) is 11.1 Å². The van der Waals surface area contributed by atoms with Gasteiger partial charge in [0.05, 0.1) is 20.3 Å². The minimum atomic E-state index is -0.0484. The molecule has 29 heavy (non-hydrogen) atoms. The second kappa shape index (κ2) is 14.1. The molecule has 0 aliphatic rings. The number of nitrogens with zero attached hydrogens (tertiary/aromatic N) is 1. The maximum atomic E-state index is 5.96. The molecule has 6 nitrogen and oxygen atoms in total. The number of halogens is 1. The number of rotatable bonds is 10. The molecular weight excluding hydrogens is 481 g/mol. The molecule has 160 valence electrons. The predicted molar refractivity (Wildman–Crippen MR) is 128 cm³/mol. The van der Waals surface area contributed by atoms with Crippen molar-refractivity contribution in [3.05, 3.63) is 59.7 Å². The van der Waals surface area contributed by atoms with Crippen molar-refractivity contribution in [3.8, 4) is 11.5 Å². The van der Waals surface area contributed by atoms with Crippen molar-refractivity contribution in [1.82, 2.24) is 10.6 Å². The number of hydrogen-bond donors (Lipinski definition) is 2. The summed E-state index contributed by atoms with van der Waals surface area (Å²) in [4.78, 5) is 4.27. The molecule has 7 heteroatoms. The van der Waals surface area contributed by atoms with Crippen LogP contribution < -0.4 is 20.1 Å². The van der Waals surface area contributed by atoms with E-state index < -0.39 is 0 Å². The number of benzene rings is 2. The van der Waals surface area contributed by atoms with Gasteiger partial charge in [0.2, 0.25) is 0 Å². The molecule has 1 atom stereocenters. The van der Waals surface area contributed by atoms with Crippen LogP contribution in [0.2, 0.25) is 0 Å². The van der Waals surface area contributed by atoms with Gasteiger partial charge in [0.15, 0.2) is 17.5 Å². The third kappa shape index (κ3) is 8.91. The quantitative estimate of drug-likeness (QED) is 0.286. The lowest BCUT2D eigenvalue weighted by Gasteiger charge is -2.19. The molecule has 0 radical (unpaired) electrons. The topological polar surface area (TPSA) is 64.1 Å². The summed E-state index contributed by atoms with van der Waals surface area (Å²) in [6.45, 7) is 6.69. The number of guanidine groups is 1. The van der Waals surface area contributed by atoms with Crippen molar-refractivity contribution in [2.45, 2.75) is 33.1 Å². The molecule has 0 spiro atoms. The van der Waals surface area contributed by atoms with Gasteiger partial charge in [-0.1, -0.05) is 36.4 Å². The van der Waals surface area contributed by atoms with Crippen molar-refractivity contribution in [3.63, 3.8) is 0 Å². The second-order valence-corrected chi connectivity index (χ2v) is 6.34. The Hall–Kier alpha value is -2.00. The number of aliphatic imine (C=N–C) groups is 1. The second-order valence-electron chi connectivity index (χ2n) is 6.34. The molecule has 0 heterocycles. The van der Waals surface area contributed by atoms with E-state index in [1.54, 1.807) is 14.2 Å². The van der Waals surface area contributed by atoms with Gasteiger partial charge in [0.1, 0.15) is 6.10 Å². The van der Waals surface area contributed by atoms with Crippen molar-refractivity contribution in [2.24, 2.45) is 4.99 Å². The molecule has 0 bridgehead atoms. The Balaban J connectivity index is 0.00000420. The summed E-state index contributed by atoms with van der Waals surface area (Å²) in [6, 6.07) is 16.0. The molecule has 0 aliphatic carbocycles. The molecule has 2 N–H and O–H groups in total. The van der Waals surface area contributed by atoms with Crippen LogP contribution in [0.1, 0.15) is 25.0 Å². The van der Waals surface area contributed by atoms with Crippen LogP contribution in [0.5, 0.6) is 11.5 Å². The fraction of sp³-hybridized carbons (Fsp3) is 0.409. The Morgan fingerprint density at radius 1 is 1.00 bits per heavy atom. The van der Waals surface area contributed by atoms with Crippen LogP contribution >= 0.6 is 24.0 Å². The van der Waals surface area contributed by atoms with Gasteiger partial charge in [0, 0.05) is 20.2 Å². The van der Waals surface area contributed by atoms with E-state index in [9.17, 15) is 0 Å². The summed E-state index contributed by atoms with van der Waals surface area (Å²) in [5, 5.41) is 6.61. The van der Waals surface area contributed by atoms with Crippen LogP contribution in [0.4, 0.5) is 0 Å². The van der Waals surface area contributed by atoms with Crippen molar-refractivity contribution >= 4 is 29.9 Å². The van der Waals surface area contributed by atoms with Gasteiger partial charge in [-0.05, 0) is 37.1 Å². The highest BCUT2D eigenvalue weighted by atomic mass is 127. The third-order valence-electron chi connectivity index (χ3n) is 4.13. The number of para-hydroxylation sites is 2. The van der Waals surface area contributed by atoms with Gasteiger partial charge in [-0.25, -0.2) is 0 Å². The predicted octanol–water partition coefficient (Wildman–Crippen LogP) is 3.98. The lowest BCUT2D eigenvalue weighted by Crippen LogP contribution is -2.41. The highest BCUT2D eigenvalue weighted by Crippen LogP contribution is 2.26. The molecule has 2 rings (SSSR count). The molecule has 0 aromatic heterocycles. The molecule has 0 aliphatic heterocycles. The van der Waals surface area contributed by atoms with E-state index in [1.807, 2.05) is 38.1 Å². The maximum Gasteiger partial charge on any atom is 0.191 e. The van der Waals surface area contributed by atoms with E-state index in [0.717, 1.165) is 24.1 Å². The summed E-state index contributed by atoms with van der Waals surface area (Å²) in [7, 11) is 3.40. The van der Waals surface area contributed by atoms with Crippen molar-refractivity contribution in [2.75, 3.05) is 27.3 Å². The molecule has 1 unspecified atom stereocenters. The van der Waals surface area contributed by atoms with E-state index in [0.29, 0.717) is 19.7 Å². The molecular formula is C22H32IN3O3. The Morgan fingerprint density at radius 2 is 1.66 bits per heavy atom. The van der Waals surface area contributed by atoms with Crippen LogP contribution in [0.3, 0.4) is 0 Å². The summed E-state index contributed by atoms with van der Waals surface area (Å²) in [5.41, 5.74) is 2.36. The van der Waals surface area contributed by atoms with Crippen LogP contribution in [-0.4, -0.2) is 39.4 Å². The van der Waals surface area contributed by atoms with Gasteiger partial charge in [-0.3, -0.25) is 4.99 Å². The summed E-state index contributed by atoms with van der Waals surface area (Å²) in [6.07, 6.45) is -0.0484. The Kier molecular flexibility index (Phi) is 12.1. The Bertz CT molecular complexity index is 738. The van der Waals surface area contributed by atoms with Crippen LogP contribution in [0.15, 0.2) is 53.5 Å². The van der Waals surface area contributed by atoms with Gasteiger partial charge in [-0.2, -0.15) is 0 Å². The van der Waals surface area contributed by atoms with Crippen molar-refractivity contribution in [1.29, 1.82) is 0 Å².